The quantitative estimate of drug-likeness (QED) is 0.368. The minimum Gasteiger partial charge on any atom is -0.357 e. The molecule has 6 heteroatoms. The van der Waals surface area contributed by atoms with E-state index in [1.165, 1.54) is 29.7 Å². The highest BCUT2D eigenvalue weighted by atomic mass is 32.1. The molecule has 1 aliphatic rings. The molecular weight excluding hydrogens is 366 g/mol. The second-order valence-electron chi connectivity index (χ2n) is 7.22. The Labute approximate surface area is 167 Å². The zero-order valence-electron chi connectivity index (χ0n) is 15.7. The predicted octanol–water partition coefficient (Wildman–Crippen LogP) is 5.32. The van der Waals surface area contributed by atoms with Crippen molar-refractivity contribution in [1.82, 2.24) is 15.0 Å². The molecule has 3 heterocycles. The monoisotopic (exact) mass is 387 g/mol. The van der Waals surface area contributed by atoms with Gasteiger partial charge in [0.1, 0.15) is 11.2 Å². The van der Waals surface area contributed by atoms with Crippen LogP contribution in [0.5, 0.6) is 0 Å². The van der Waals surface area contributed by atoms with Crippen molar-refractivity contribution in [1.29, 1.82) is 0 Å². The number of fused-ring (bicyclic) bond motifs is 2. The standard InChI is InChI=1S/C22H21N5S/c1-14-6-8-15(9-7-14)18-12-28-22-20(18)21(23-13-24-22)27-25-11-17-10-16-4-2-3-5-19(16)26-17/h6-13,26H,2-5H2,1H3,(H,23,24,27)/b25-11+. The molecule has 0 atom stereocenters. The Hall–Kier alpha value is -2.99. The summed E-state index contributed by atoms with van der Waals surface area (Å²) in [4.78, 5) is 13.3. The highest BCUT2D eigenvalue weighted by Crippen LogP contribution is 2.36. The molecule has 4 aromatic rings. The van der Waals surface area contributed by atoms with E-state index in [0.717, 1.165) is 45.7 Å². The van der Waals surface area contributed by atoms with Crippen LogP contribution >= 0.6 is 11.3 Å². The summed E-state index contributed by atoms with van der Waals surface area (Å²) < 4.78 is 0. The number of anilines is 1. The minimum atomic E-state index is 0.731. The van der Waals surface area contributed by atoms with E-state index in [9.17, 15) is 0 Å². The minimum absolute atomic E-state index is 0.731. The number of aryl methyl sites for hydroxylation is 3. The number of aromatic amines is 1. The van der Waals surface area contributed by atoms with Crippen LogP contribution in [0.3, 0.4) is 0 Å². The fraction of sp³-hybridized carbons (Fsp3) is 0.227. The third-order valence-corrected chi connectivity index (χ3v) is 6.13. The van der Waals surface area contributed by atoms with Gasteiger partial charge in [-0.25, -0.2) is 9.97 Å². The van der Waals surface area contributed by atoms with E-state index in [1.807, 2.05) is 6.21 Å². The molecule has 0 spiro atoms. The fourth-order valence-corrected chi connectivity index (χ4v) is 4.68. The number of nitrogens with one attached hydrogen (secondary N) is 2. The number of aromatic nitrogens is 3. The number of rotatable bonds is 4. The fourth-order valence-electron chi connectivity index (χ4n) is 3.77. The smallest absolute Gasteiger partial charge is 0.159 e. The lowest BCUT2D eigenvalue weighted by Crippen LogP contribution is -1.99. The normalized spacial score (nSPS) is 13.9. The predicted molar refractivity (Wildman–Crippen MR) is 116 cm³/mol. The molecule has 0 aliphatic heterocycles. The number of hydrazone groups is 1. The molecule has 0 bridgehead atoms. The van der Waals surface area contributed by atoms with Crippen LogP contribution in [0.1, 0.15) is 35.4 Å². The third-order valence-electron chi connectivity index (χ3n) is 5.24. The van der Waals surface area contributed by atoms with Crippen LogP contribution in [0.4, 0.5) is 5.82 Å². The molecular formula is C22H21N5S. The Balaban J connectivity index is 1.45. The van der Waals surface area contributed by atoms with Crippen molar-refractivity contribution >= 4 is 33.6 Å². The highest BCUT2D eigenvalue weighted by Gasteiger charge is 2.13. The summed E-state index contributed by atoms with van der Waals surface area (Å²) in [5, 5.41) is 7.59. The third kappa shape index (κ3) is 3.20. The van der Waals surface area contributed by atoms with Crippen molar-refractivity contribution < 1.29 is 0 Å². The summed E-state index contributed by atoms with van der Waals surface area (Å²) in [5.41, 5.74) is 10.5. The van der Waals surface area contributed by atoms with Gasteiger partial charge in [0.25, 0.3) is 0 Å². The van der Waals surface area contributed by atoms with Gasteiger partial charge in [-0.2, -0.15) is 5.10 Å². The van der Waals surface area contributed by atoms with E-state index in [-0.39, 0.29) is 0 Å². The van der Waals surface area contributed by atoms with Gasteiger partial charge in [0, 0.05) is 16.6 Å². The lowest BCUT2D eigenvalue weighted by molar-refractivity contribution is 0.677. The van der Waals surface area contributed by atoms with Gasteiger partial charge in [0.05, 0.1) is 17.3 Å². The van der Waals surface area contributed by atoms with Crippen LogP contribution in [0.2, 0.25) is 0 Å². The van der Waals surface area contributed by atoms with Crippen molar-refractivity contribution in [2.45, 2.75) is 32.6 Å². The first-order chi connectivity index (χ1) is 13.8. The Morgan fingerprint density at radius 3 is 2.86 bits per heavy atom. The van der Waals surface area contributed by atoms with Crippen molar-refractivity contribution in [3.8, 4) is 11.1 Å². The maximum atomic E-state index is 4.44. The Morgan fingerprint density at radius 1 is 1.14 bits per heavy atom. The number of H-pyrrole nitrogens is 1. The Kier molecular flexibility index (Phi) is 4.41. The van der Waals surface area contributed by atoms with Crippen LogP contribution in [0.15, 0.2) is 47.1 Å². The summed E-state index contributed by atoms with van der Waals surface area (Å²) in [6, 6.07) is 10.7. The summed E-state index contributed by atoms with van der Waals surface area (Å²) in [7, 11) is 0. The molecule has 5 rings (SSSR count). The van der Waals surface area contributed by atoms with Gasteiger partial charge in [-0.1, -0.05) is 29.8 Å². The zero-order valence-corrected chi connectivity index (χ0v) is 16.5. The molecule has 0 saturated carbocycles. The first-order valence-corrected chi connectivity index (χ1v) is 10.4. The topological polar surface area (TPSA) is 66.0 Å². The summed E-state index contributed by atoms with van der Waals surface area (Å²) in [6.45, 7) is 2.10. The molecule has 0 unspecified atom stereocenters. The van der Waals surface area contributed by atoms with E-state index >= 15 is 0 Å². The van der Waals surface area contributed by atoms with Crippen LogP contribution in [-0.4, -0.2) is 21.2 Å². The average Bonchev–Trinajstić information content (AvgIpc) is 3.33. The molecule has 0 amide bonds. The Morgan fingerprint density at radius 2 is 2.00 bits per heavy atom. The van der Waals surface area contributed by atoms with Gasteiger partial charge in [-0.3, -0.25) is 5.43 Å². The molecule has 1 aliphatic carbocycles. The lowest BCUT2D eigenvalue weighted by atomic mass is 9.98. The molecule has 0 saturated heterocycles. The van der Waals surface area contributed by atoms with Crippen LogP contribution in [0, 0.1) is 6.92 Å². The maximum Gasteiger partial charge on any atom is 0.159 e. The number of nitrogens with zero attached hydrogens (tertiary/aromatic N) is 3. The van der Waals surface area contributed by atoms with Gasteiger partial charge < -0.3 is 4.98 Å². The summed E-state index contributed by atoms with van der Waals surface area (Å²) in [6.07, 6.45) is 8.26. The largest absolute Gasteiger partial charge is 0.357 e. The van der Waals surface area contributed by atoms with Gasteiger partial charge in [-0.15, -0.1) is 11.3 Å². The molecule has 0 fully saturated rings. The zero-order chi connectivity index (χ0) is 18.9. The van der Waals surface area contributed by atoms with Crippen molar-refractivity contribution in [3.63, 3.8) is 0 Å². The summed E-state index contributed by atoms with van der Waals surface area (Å²) >= 11 is 1.63. The van der Waals surface area contributed by atoms with Crippen molar-refractivity contribution in [2.75, 3.05) is 5.43 Å². The second-order valence-corrected chi connectivity index (χ2v) is 8.08. The highest BCUT2D eigenvalue weighted by molar-refractivity contribution is 7.17. The van der Waals surface area contributed by atoms with Crippen LogP contribution in [-0.2, 0) is 12.8 Å². The summed E-state index contributed by atoms with van der Waals surface area (Å²) in [5.74, 6) is 0.731. The molecule has 5 nitrogen and oxygen atoms in total. The number of hydrogen-bond acceptors (Lipinski definition) is 5. The first kappa shape index (κ1) is 17.1. The van der Waals surface area contributed by atoms with E-state index < -0.39 is 0 Å². The van der Waals surface area contributed by atoms with E-state index in [1.54, 1.807) is 17.7 Å². The molecule has 2 N–H and O–H groups in total. The van der Waals surface area contributed by atoms with Crippen LogP contribution < -0.4 is 5.43 Å². The van der Waals surface area contributed by atoms with Gasteiger partial charge >= 0.3 is 0 Å². The number of benzene rings is 1. The van der Waals surface area contributed by atoms with Crippen LogP contribution in [0.25, 0.3) is 21.3 Å². The second kappa shape index (κ2) is 7.20. The average molecular weight is 388 g/mol. The molecule has 1 aromatic carbocycles. The molecule has 0 radical (unpaired) electrons. The van der Waals surface area contributed by atoms with Crippen molar-refractivity contribution in [2.24, 2.45) is 5.10 Å². The Bertz CT molecular complexity index is 1130. The lowest BCUT2D eigenvalue weighted by Gasteiger charge is -2.08. The van der Waals surface area contributed by atoms with Gasteiger partial charge in [0.2, 0.25) is 0 Å². The molecule has 140 valence electrons. The molecule has 3 aromatic heterocycles. The maximum absolute atomic E-state index is 4.44. The van der Waals surface area contributed by atoms with Crippen molar-refractivity contribution in [3.05, 3.63) is 64.6 Å². The van der Waals surface area contributed by atoms with E-state index in [2.05, 4.69) is 68.1 Å². The SMILES string of the molecule is Cc1ccc(-c2csc3ncnc(N/N=C/c4cc5c([nH]4)CCCC5)c23)cc1. The number of hydrogen-bond donors (Lipinski definition) is 2. The van der Waals surface area contributed by atoms with E-state index in [4.69, 9.17) is 0 Å². The number of thiophene rings is 1. The van der Waals surface area contributed by atoms with E-state index in [0.29, 0.717) is 0 Å². The molecule has 28 heavy (non-hydrogen) atoms. The van der Waals surface area contributed by atoms with Gasteiger partial charge in [0.15, 0.2) is 5.82 Å². The first-order valence-electron chi connectivity index (χ1n) is 9.57. The van der Waals surface area contributed by atoms with Gasteiger partial charge in [-0.05, 0) is 49.8 Å².